The highest BCUT2D eigenvalue weighted by Crippen LogP contribution is 2.11. The third-order valence-electron chi connectivity index (χ3n) is 3.10. The van der Waals surface area contributed by atoms with Gasteiger partial charge in [0.15, 0.2) is 0 Å². The summed E-state index contributed by atoms with van der Waals surface area (Å²) in [5.74, 6) is -0.145. The van der Waals surface area contributed by atoms with Crippen LogP contribution in [0.3, 0.4) is 0 Å². The zero-order valence-electron chi connectivity index (χ0n) is 11.5. The normalized spacial score (nSPS) is 21.6. The average molecular weight is 253 g/mol. The van der Waals surface area contributed by atoms with Crippen LogP contribution in [-0.2, 0) is 9.59 Å². The molecule has 0 radical (unpaired) electrons. The van der Waals surface area contributed by atoms with E-state index < -0.39 is 0 Å². The summed E-state index contributed by atoms with van der Waals surface area (Å²) in [4.78, 5) is 25.4. The Morgan fingerprint density at radius 1 is 1.61 bits per heavy atom. The largest absolute Gasteiger partial charge is 0.359 e. The van der Waals surface area contributed by atoms with E-state index in [9.17, 15) is 9.59 Å². The number of nitrogens with one attached hydrogen (secondary N) is 2. The fraction of sp³-hybridized carbons (Fsp3) is 0.692. The summed E-state index contributed by atoms with van der Waals surface area (Å²) in [7, 11) is 1.59. The number of hydrogen-bond donors (Lipinski definition) is 2. The van der Waals surface area contributed by atoms with Gasteiger partial charge in [-0.2, -0.15) is 0 Å². The van der Waals surface area contributed by atoms with Crippen molar-refractivity contribution in [2.24, 2.45) is 0 Å². The molecule has 2 amide bonds. The van der Waals surface area contributed by atoms with Crippen LogP contribution in [0, 0.1) is 0 Å². The van der Waals surface area contributed by atoms with Crippen LogP contribution >= 0.6 is 0 Å². The average Bonchev–Trinajstić information content (AvgIpc) is 2.33. The quantitative estimate of drug-likeness (QED) is 0.692. The smallest absolute Gasteiger partial charge is 0.237 e. The van der Waals surface area contributed by atoms with Gasteiger partial charge in [0.2, 0.25) is 11.8 Å². The molecular weight excluding hydrogens is 230 g/mol. The zero-order chi connectivity index (χ0) is 13.5. The molecule has 0 saturated carbocycles. The second-order valence-corrected chi connectivity index (χ2v) is 4.61. The second-order valence-electron chi connectivity index (χ2n) is 4.61. The first-order chi connectivity index (χ1) is 8.58. The predicted octanol–water partition coefficient (Wildman–Crippen LogP) is 0.279. The van der Waals surface area contributed by atoms with Crippen molar-refractivity contribution in [1.29, 1.82) is 0 Å². The van der Waals surface area contributed by atoms with Gasteiger partial charge < -0.3 is 10.6 Å². The van der Waals surface area contributed by atoms with Crippen molar-refractivity contribution in [2.45, 2.75) is 32.7 Å². The first kappa shape index (κ1) is 14.7. The van der Waals surface area contributed by atoms with E-state index in [1.165, 1.54) is 5.57 Å². The molecule has 0 aromatic rings. The van der Waals surface area contributed by atoms with Gasteiger partial charge in [0.05, 0.1) is 12.5 Å². The first-order valence-electron chi connectivity index (χ1n) is 6.46. The molecule has 2 N–H and O–H groups in total. The van der Waals surface area contributed by atoms with Gasteiger partial charge in [-0.05, 0) is 13.3 Å². The Morgan fingerprint density at radius 3 is 2.94 bits per heavy atom. The molecule has 0 bridgehead atoms. The molecule has 102 valence electrons. The summed E-state index contributed by atoms with van der Waals surface area (Å²) in [6.45, 7) is 6.36. The Hall–Kier alpha value is -1.36. The summed E-state index contributed by atoms with van der Waals surface area (Å²) in [5.41, 5.74) is 1.24. The van der Waals surface area contributed by atoms with E-state index in [2.05, 4.69) is 35.5 Å². The molecule has 1 unspecified atom stereocenters. The second kappa shape index (κ2) is 7.16. The van der Waals surface area contributed by atoms with Crippen molar-refractivity contribution in [3.05, 3.63) is 11.6 Å². The highest BCUT2D eigenvalue weighted by Gasteiger charge is 2.31. The van der Waals surface area contributed by atoms with Crippen molar-refractivity contribution in [2.75, 3.05) is 26.7 Å². The predicted molar refractivity (Wildman–Crippen MR) is 71.1 cm³/mol. The minimum Gasteiger partial charge on any atom is -0.359 e. The van der Waals surface area contributed by atoms with Gasteiger partial charge in [-0.3, -0.25) is 14.5 Å². The molecule has 0 spiro atoms. The van der Waals surface area contributed by atoms with Crippen molar-refractivity contribution in [3.8, 4) is 0 Å². The minimum atomic E-state index is -0.348. The lowest BCUT2D eigenvalue weighted by Gasteiger charge is -2.34. The van der Waals surface area contributed by atoms with Crippen molar-refractivity contribution >= 4 is 11.8 Å². The van der Waals surface area contributed by atoms with Crippen LogP contribution < -0.4 is 10.6 Å². The maximum atomic E-state index is 11.8. The number of rotatable bonds is 5. The molecule has 1 aliphatic rings. The minimum absolute atomic E-state index is 0.0471. The van der Waals surface area contributed by atoms with Crippen LogP contribution in [0.4, 0.5) is 0 Å². The molecule has 1 fully saturated rings. The summed E-state index contributed by atoms with van der Waals surface area (Å²) >= 11 is 0. The Bertz CT molecular complexity index is 339. The number of allylic oxidation sites excluding steroid dienone is 1. The van der Waals surface area contributed by atoms with Gasteiger partial charge >= 0.3 is 0 Å². The Labute approximate surface area is 109 Å². The fourth-order valence-corrected chi connectivity index (χ4v) is 2.18. The maximum absolute atomic E-state index is 11.8. The summed E-state index contributed by atoms with van der Waals surface area (Å²) in [5, 5.41) is 5.39. The van der Waals surface area contributed by atoms with E-state index in [0.29, 0.717) is 6.54 Å². The van der Waals surface area contributed by atoms with Gasteiger partial charge in [-0.25, -0.2) is 0 Å². The lowest BCUT2D eigenvalue weighted by atomic mass is 10.1. The maximum Gasteiger partial charge on any atom is 0.237 e. The lowest BCUT2D eigenvalue weighted by molar-refractivity contribution is -0.133. The highest BCUT2D eigenvalue weighted by atomic mass is 16.2. The molecule has 5 heteroatoms. The molecule has 0 aromatic carbocycles. The molecule has 1 atom stereocenters. The summed E-state index contributed by atoms with van der Waals surface area (Å²) in [6, 6.07) is -0.348. The van der Waals surface area contributed by atoms with Gasteiger partial charge in [0.25, 0.3) is 0 Å². The van der Waals surface area contributed by atoms with Gasteiger partial charge in [0, 0.05) is 26.7 Å². The third-order valence-corrected chi connectivity index (χ3v) is 3.10. The molecule has 1 saturated heterocycles. The van der Waals surface area contributed by atoms with E-state index in [4.69, 9.17) is 0 Å². The SMILES string of the molecule is CC/C=C(\C)CN1CCNC(=O)C1CC(=O)NC. The standard InChI is InChI=1S/C13H23N3O2/c1-4-5-10(2)9-16-7-6-15-13(18)11(16)8-12(17)14-3/h5,11H,4,6-9H2,1-3H3,(H,14,17)(H,15,18)/b10-5+. The molecule has 0 aliphatic carbocycles. The number of carbonyl (C=O) groups is 2. The zero-order valence-corrected chi connectivity index (χ0v) is 11.5. The van der Waals surface area contributed by atoms with Crippen LogP contribution in [0.25, 0.3) is 0 Å². The number of nitrogens with zero attached hydrogens (tertiary/aromatic N) is 1. The van der Waals surface area contributed by atoms with Gasteiger partial charge in [0.1, 0.15) is 0 Å². The van der Waals surface area contributed by atoms with Crippen LogP contribution in [0.2, 0.25) is 0 Å². The number of amides is 2. The third kappa shape index (κ3) is 4.14. The van der Waals surface area contributed by atoms with E-state index in [0.717, 1.165) is 19.5 Å². The molecule has 18 heavy (non-hydrogen) atoms. The molecule has 5 nitrogen and oxygen atoms in total. The van der Waals surface area contributed by atoms with Crippen LogP contribution in [0.1, 0.15) is 26.7 Å². The van der Waals surface area contributed by atoms with Crippen molar-refractivity contribution in [1.82, 2.24) is 15.5 Å². The molecule has 1 heterocycles. The number of hydrogen-bond acceptors (Lipinski definition) is 3. The Kier molecular flexibility index (Phi) is 5.85. The molecule has 0 aromatic heterocycles. The fourth-order valence-electron chi connectivity index (χ4n) is 2.18. The molecule has 1 rings (SSSR count). The van der Waals surface area contributed by atoms with E-state index in [-0.39, 0.29) is 24.3 Å². The number of carbonyl (C=O) groups excluding carboxylic acids is 2. The van der Waals surface area contributed by atoms with Crippen LogP contribution in [0.5, 0.6) is 0 Å². The van der Waals surface area contributed by atoms with Crippen molar-refractivity contribution < 1.29 is 9.59 Å². The van der Waals surface area contributed by atoms with E-state index in [1.54, 1.807) is 7.05 Å². The molecular formula is C13H23N3O2. The Morgan fingerprint density at radius 2 is 2.33 bits per heavy atom. The monoisotopic (exact) mass is 253 g/mol. The van der Waals surface area contributed by atoms with E-state index >= 15 is 0 Å². The number of piperazine rings is 1. The van der Waals surface area contributed by atoms with Gasteiger partial charge in [-0.15, -0.1) is 0 Å². The highest BCUT2D eigenvalue weighted by molar-refractivity contribution is 5.88. The Balaban J connectivity index is 2.69. The topological polar surface area (TPSA) is 61.4 Å². The van der Waals surface area contributed by atoms with Crippen molar-refractivity contribution in [3.63, 3.8) is 0 Å². The first-order valence-corrected chi connectivity index (χ1v) is 6.46. The molecule has 1 aliphatic heterocycles. The van der Waals surface area contributed by atoms with E-state index in [1.807, 2.05) is 0 Å². The van der Waals surface area contributed by atoms with Gasteiger partial charge in [-0.1, -0.05) is 18.6 Å². The summed E-state index contributed by atoms with van der Waals surface area (Å²) in [6.07, 6.45) is 3.37. The summed E-state index contributed by atoms with van der Waals surface area (Å²) < 4.78 is 0. The van der Waals surface area contributed by atoms with Crippen LogP contribution in [-0.4, -0.2) is 49.4 Å². The van der Waals surface area contributed by atoms with Crippen LogP contribution in [0.15, 0.2) is 11.6 Å². The lowest BCUT2D eigenvalue weighted by Crippen LogP contribution is -2.56.